The zero-order chi connectivity index (χ0) is 14.9. The second-order valence-corrected chi connectivity index (χ2v) is 8.86. The topological polar surface area (TPSA) is 52.7 Å². The highest BCUT2D eigenvalue weighted by Crippen LogP contribution is 2.40. The molecule has 5 nitrogen and oxygen atoms in total. The van der Waals surface area contributed by atoms with Gasteiger partial charge in [0.2, 0.25) is 0 Å². The molecule has 3 rings (SSSR count). The van der Waals surface area contributed by atoms with Gasteiger partial charge in [-0.1, -0.05) is 6.92 Å². The molecule has 0 aromatic heterocycles. The average molecular weight is 315 g/mol. The van der Waals surface area contributed by atoms with Crippen LogP contribution in [0.25, 0.3) is 0 Å². The first-order valence-electron chi connectivity index (χ1n) is 8.59. The van der Waals surface area contributed by atoms with Gasteiger partial charge in [-0.2, -0.15) is 17.0 Å². The van der Waals surface area contributed by atoms with Gasteiger partial charge in [0.05, 0.1) is 0 Å². The van der Waals surface area contributed by atoms with E-state index in [4.69, 9.17) is 0 Å². The molecule has 6 heteroatoms. The zero-order valence-electron chi connectivity index (χ0n) is 13.1. The first kappa shape index (κ1) is 15.7. The van der Waals surface area contributed by atoms with Gasteiger partial charge in [0.25, 0.3) is 10.2 Å². The van der Waals surface area contributed by atoms with E-state index in [-0.39, 0.29) is 0 Å². The standard InChI is InChI=1S/C15H29N3O2S/c1-2-7-16-10-14-4-3-8-17(11-14)21(19,20)18-12-13-5-6-15(18)9-13/h13-16H,2-12H2,1H3. The lowest BCUT2D eigenvalue weighted by molar-refractivity contribution is 0.231. The molecule has 3 unspecified atom stereocenters. The van der Waals surface area contributed by atoms with Crippen LogP contribution in [0.5, 0.6) is 0 Å². The van der Waals surface area contributed by atoms with Crippen molar-refractivity contribution >= 4 is 10.2 Å². The summed E-state index contributed by atoms with van der Waals surface area (Å²) in [7, 11) is -3.22. The van der Waals surface area contributed by atoms with E-state index in [0.29, 0.717) is 31.0 Å². The van der Waals surface area contributed by atoms with E-state index in [1.54, 1.807) is 4.31 Å². The number of rotatable bonds is 6. The molecule has 2 saturated heterocycles. The Labute approximate surface area is 129 Å². The van der Waals surface area contributed by atoms with Gasteiger partial charge >= 0.3 is 0 Å². The van der Waals surface area contributed by atoms with E-state index in [2.05, 4.69) is 12.2 Å². The van der Waals surface area contributed by atoms with Gasteiger partial charge < -0.3 is 5.32 Å². The molecule has 2 bridgehead atoms. The molecule has 122 valence electrons. The molecule has 0 radical (unpaired) electrons. The summed E-state index contributed by atoms with van der Waals surface area (Å²) in [6.45, 7) is 6.31. The molecule has 2 heterocycles. The number of piperidine rings is 2. The molecular formula is C15H29N3O2S. The number of hydrogen-bond donors (Lipinski definition) is 1. The average Bonchev–Trinajstić information content (AvgIpc) is 3.11. The van der Waals surface area contributed by atoms with Crippen LogP contribution in [0.15, 0.2) is 0 Å². The van der Waals surface area contributed by atoms with E-state index in [9.17, 15) is 8.42 Å². The van der Waals surface area contributed by atoms with Crippen LogP contribution in [0, 0.1) is 11.8 Å². The summed E-state index contributed by atoms with van der Waals surface area (Å²) >= 11 is 0. The zero-order valence-corrected chi connectivity index (χ0v) is 13.9. The summed E-state index contributed by atoms with van der Waals surface area (Å²) in [5, 5.41) is 3.44. The fourth-order valence-electron chi connectivity index (χ4n) is 4.20. The minimum atomic E-state index is -3.22. The van der Waals surface area contributed by atoms with Crippen LogP contribution in [-0.4, -0.2) is 55.8 Å². The van der Waals surface area contributed by atoms with Crippen LogP contribution < -0.4 is 5.32 Å². The Kier molecular flexibility index (Phi) is 4.88. The SMILES string of the molecule is CCCNCC1CCCN(S(=O)(=O)N2CC3CCC2C3)C1. The number of nitrogens with one attached hydrogen (secondary N) is 1. The van der Waals surface area contributed by atoms with E-state index in [0.717, 1.165) is 51.7 Å². The fourth-order valence-corrected chi connectivity index (χ4v) is 6.22. The number of fused-ring (bicyclic) bond motifs is 2. The second-order valence-electron chi connectivity index (χ2n) is 6.98. The van der Waals surface area contributed by atoms with Crippen molar-refractivity contribution in [3.8, 4) is 0 Å². The van der Waals surface area contributed by atoms with Gasteiger partial charge in [0.15, 0.2) is 0 Å². The summed E-state index contributed by atoms with van der Waals surface area (Å²) in [6, 6.07) is 0.290. The van der Waals surface area contributed by atoms with E-state index in [1.807, 2.05) is 4.31 Å². The normalized spacial score (nSPS) is 34.6. The minimum absolute atomic E-state index is 0.290. The first-order valence-corrected chi connectivity index (χ1v) is 9.98. The summed E-state index contributed by atoms with van der Waals surface area (Å²) in [5.41, 5.74) is 0. The molecule has 1 saturated carbocycles. The molecule has 1 N–H and O–H groups in total. The largest absolute Gasteiger partial charge is 0.316 e. The predicted octanol–water partition coefficient (Wildman–Crippen LogP) is 1.43. The Morgan fingerprint density at radius 3 is 2.71 bits per heavy atom. The summed E-state index contributed by atoms with van der Waals surface area (Å²) in [5.74, 6) is 1.09. The van der Waals surface area contributed by atoms with Gasteiger partial charge in [0, 0.05) is 25.7 Å². The highest BCUT2D eigenvalue weighted by molar-refractivity contribution is 7.86. The molecule has 1 aliphatic carbocycles. The molecular weight excluding hydrogens is 286 g/mol. The van der Waals surface area contributed by atoms with E-state index in [1.165, 1.54) is 6.42 Å². The Morgan fingerprint density at radius 1 is 1.19 bits per heavy atom. The van der Waals surface area contributed by atoms with Crippen molar-refractivity contribution in [2.75, 3.05) is 32.7 Å². The van der Waals surface area contributed by atoms with E-state index < -0.39 is 10.2 Å². The third-order valence-electron chi connectivity index (χ3n) is 5.32. The lowest BCUT2D eigenvalue weighted by atomic mass is 10.00. The van der Waals surface area contributed by atoms with Gasteiger partial charge in [-0.25, -0.2) is 0 Å². The minimum Gasteiger partial charge on any atom is -0.316 e. The smallest absolute Gasteiger partial charge is 0.282 e. The molecule has 3 atom stereocenters. The Morgan fingerprint density at radius 2 is 2.05 bits per heavy atom. The lowest BCUT2D eigenvalue weighted by Gasteiger charge is -2.37. The monoisotopic (exact) mass is 315 g/mol. The highest BCUT2D eigenvalue weighted by atomic mass is 32.2. The van der Waals surface area contributed by atoms with Gasteiger partial charge in [-0.05, 0) is 63.5 Å². The van der Waals surface area contributed by atoms with Crippen LogP contribution >= 0.6 is 0 Å². The van der Waals surface area contributed by atoms with Gasteiger partial charge in [-0.3, -0.25) is 0 Å². The van der Waals surface area contributed by atoms with Crippen LogP contribution in [0.2, 0.25) is 0 Å². The van der Waals surface area contributed by atoms with Crippen molar-refractivity contribution in [2.45, 2.75) is 51.5 Å². The Bertz CT molecular complexity index is 454. The lowest BCUT2D eigenvalue weighted by Crippen LogP contribution is -2.51. The predicted molar refractivity (Wildman–Crippen MR) is 84.2 cm³/mol. The molecule has 0 aromatic rings. The highest BCUT2D eigenvalue weighted by Gasteiger charge is 2.46. The van der Waals surface area contributed by atoms with Crippen LogP contribution in [0.4, 0.5) is 0 Å². The number of hydrogen-bond acceptors (Lipinski definition) is 3. The molecule has 0 amide bonds. The second kappa shape index (κ2) is 6.52. The Balaban J connectivity index is 1.59. The molecule has 21 heavy (non-hydrogen) atoms. The van der Waals surface area contributed by atoms with E-state index >= 15 is 0 Å². The maximum Gasteiger partial charge on any atom is 0.282 e. The van der Waals surface area contributed by atoms with Crippen molar-refractivity contribution in [1.29, 1.82) is 0 Å². The van der Waals surface area contributed by atoms with Crippen molar-refractivity contribution < 1.29 is 8.42 Å². The number of nitrogens with zero attached hydrogens (tertiary/aromatic N) is 2. The Hall–Kier alpha value is -0.170. The van der Waals surface area contributed by atoms with Crippen LogP contribution in [-0.2, 0) is 10.2 Å². The first-order chi connectivity index (χ1) is 10.1. The quantitative estimate of drug-likeness (QED) is 0.754. The fraction of sp³-hybridized carbons (Fsp3) is 1.00. The van der Waals surface area contributed by atoms with Crippen LogP contribution in [0.3, 0.4) is 0 Å². The molecule has 0 spiro atoms. The van der Waals surface area contributed by atoms with Gasteiger partial charge in [-0.15, -0.1) is 0 Å². The molecule has 3 aliphatic rings. The van der Waals surface area contributed by atoms with Crippen molar-refractivity contribution in [3.05, 3.63) is 0 Å². The van der Waals surface area contributed by atoms with Crippen LogP contribution in [0.1, 0.15) is 45.4 Å². The molecule has 0 aromatic carbocycles. The van der Waals surface area contributed by atoms with Crippen molar-refractivity contribution in [3.63, 3.8) is 0 Å². The maximum atomic E-state index is 12.9. The summed E-state index contributed by atoms with van der Waals surface area (Å²) in [6.07, 6.45) is 6.66. The molecule has 3 fully saturated rings. The summed E-state index contributed by atoms with van der Waals surface area (Å²) in [4.78, 5) is 0. The third kappa shape index (κ3) is 3.28. The molecule has 2 aliphatic heterocycles. The van der Waals surface area contributed by atoms with Gasteiger partial charge in [0.1, 0.15) is 0 Å². The summed E-state index contributed by atoms with van der Waals surface area (Å²) < 4.78 is 29.3. The van der Waals surface area contributed by atoms with Crippen molar-refractivity contribution in [1.82, 2.24) is 13.9 Å². The third-order valence-corrected chi connectivity index (χ3v) is 7.35. The van der Waals surface area contributed by atoms with Crippen molar-refractivity contribution in [2.24, 2.45) is 11.8 Å². The maximum absolute atomic E-state index is 12.9.